The van der Waals surface area contributed by atoms with Crippen molar-refractivity contribution in [2.45, 2.75) is 45.8 Å². The van der Waals surface area contributed by atoms with E-state index in [1.165, 1.54) is 6.07 Å². The average molecular weight is 269 g/mol. The number of hydrogen-bond acceptors (Lipinski definition) is 2. The fourth-order valence-corrected chi connectivity index (χ4v) is 2.78. The molecule has 1 aromatic rings. The minimum atomic E-state index is -0.816. The number of benzene rings is 1. The van der Waals surface area contributed by atoms with Crippen LogP contribution in [0.5, 0.6) is 0 Å². The predicted molar refractivity (Wildman–Crippen MR) is 72.2 cm³/mol. The molecule has 19 heavy (non-hydrogen) atoms. The summed E-state index contributed by atoms with van der Waals surface area (Å²) in [6.45, 7) is 6.89. The van der Waals surface area contributed by atoms with E-state index in [4.69, 9.17) is 4.74 Å². The van der Waals surface area contributed by atoms with Crippen LogP contribution < -0.4 is 5.32 Å². The van der Waals surface area contributed by atoms with Gasteiger partial charge in [0.05, 0.1) is 11.8 Å². The molecule has 4 heteroatoms. The molecule has 1 aliphatic carbocycles. The van der Waals surface area contributed by atoms with Crippen molar-refractivity contribution in [2.24, 2.45) is 5.41 Å². The van der Waals surface area contributed by atoms with Gasteiger partial charge in [0, 0.05) is 18.1 Å². The summed E-state index contributed by atoms with van der Waals surface area (Å²) in [7, 11) is 0. The highest BCUT2D eigenvalue weighted by Crippen LogP contribution is 2.47. The van der Waals surface area contributed by atoms with E-state index in [1.54, 1.807) is 6.07 Å². The number of anilines is 1. The maximum absolute atomic E-state index is 13.7. The normalized spacial score (nSPS) is 29.9. The quantitative estimate of drug-likeness (QED) is 0.873. The molecule has 0 spiro atoms. The van der Waals surface area contributed by atoms with Crippen molar-refractivity contribution < 1.29 is 13.5 Å². The third-order valence-electron chi connectivity index (χ3n) is 4.39. The molecule has 1 saturated carbocycles. The molecule has 1 aliphatic rings. The molecular formula is C15H21F2NO. The minimum Gasteiger partial charge on any atom is -0.379 e. The standard InChI is InChI=1S/C15H21F2NO/c1-4-15(3)12(9-13(15)19-5-2)18-11-8-6-7-10(16)14(11)17/h6-8,12-13,18H,4-5,9H2,1-3H3. The van der Waals surface area contributed by atoms with Crippen LogP contribution in [-0.4, -0.2) is 18.8 Å². The van der Waals surface area contributed by atoms with Crippen molar-refractivity contribution >= 4 is 5.69 Å². The summed E-state index contributed by atoms with van der Waals surface area (Å²) >= 11 is 0. The van der Waals surface area contributed by atoms with E-state index in [2.05, 4.69) is 19.2 Å². The molecule has 1 aromatic carbocycles. The first kappa shape index (κ1) is 14.3. The second-order valence-corrected chi connectivity index (χ2v) is 5.34. The van der Waals surface area contributed by atoms with E-state index in [9.17, 15) is 8.78 Å². The molecule has 0 bridgehead atoms. The average Bonchev–Trinajstić information content (AvgIpc) is 2.41. The third-order valence-corrected chi connectivity index (χ3v) is 4.39. The Bertz CT molecular complexity index is 452. The molecule has 0 aliphatic heterocycles. The number of rotatable bonds is 5. The van der Waals surface area contributed by atoms with Crippen molar-refractivity contribution in [3.8, 4) is 0 Å². The molecule has 2 nitrogen and oxygen atoms in total. The fourth-order valence-electron chi connectivity index (χ4n) is 2.78. The second-order valence-electron chi connectivity index (χ2n) is 5.34. The van der Waals surface area contributed by atoms with Gasteiger partial charge in [0.2, 0.25) is 0 Å². The summed E-state index contributed by atoms with van der Waals surface area (Å²) in [5, 5.41) is 3.12. The van der Waals surface area contributed by atoms with Gasteiger partial charge < -0.3 is 10.1 Å². The van der Waals surface area contributed by atoms with E-state index >= 15 is 0 Å². The SMILES string of the molecule is CCOC1CC(Nc2cccc(F)c2F)C1(C)CC. The lowest BCUT2D eigenvalue weighted by Crippen LogP contribution is -2.59. The van der Waals surface area contributed by atoms with E-state index < -0.39 is 11.6 Å². The second kappa shape index (κ2) is 5.45. The maximum Gasteiger partial charge on any atom is 0.181 e. The Morgan fingerprint density at radius 3 is 2.74 bits per heavy atom. The summed E-state index contributed by atoms with van der Waals surface area (Å²) in [4.78, 5) is 0. The van der Waals surface area contributed by atoms with Crippen LogP contribution in [0.2, 0.25) is 0 Å². The van der Waals surface area contributed by atoms with Gasteiger partial charge in [-0.05, 0) is 31.9 Å². The predicted octanol–water partition coefficient (Wildman–Crippen LogP) is 3.97. The molecule has 1 fully saturated rings. The zero-order valence-corrected chi connectivity index (χ0v) is 11.7. The Kier molecular flexibility index (Phi) is 4.09. The van der Waals surface area contributed by atoms with E-state index in [0.29, 0.717) is 6.61 Å². The molecule has 2 rings (SSSR count). The van der Waals surface area contributed by atoms with Crippen molar-refractivity contribution in [2.75, 3.05) is 11.9 Å². The Morgan fingerprint density at radius 1 is 1.37 bits per heavy atom. The van der Waals surface area contributed by atoms with Gasteiger partial charge in [-0.25, -0.2) is 8.78 Å². The summed E-state index contributed by atoms with van der Waals surface area (Å²) in [5.74, 6) is -1.62. The molecule has 0 radical (unpaired) electrons. The van der Waals surface area contributed by atoms with Gasteiger partial charge in [-0.15, -0.1) is 0 Å². The summed E-state index contributed by atoms with van der Waals surface area (Å²) < 4.78 is 32.5. The number of ether oxygens (including phenoxy) is 1. The molecule has 3 unspecified atom stereocenters. The van der Waals surface area contributed by atoms with Crippen molar-refractivity contribution in [3.05, 3.63) is 29.8 Å². The summed E-state index contributed by atoms with van der Waals surface area (Å²) in [6, 6.07) is 4.33. The van der Waals surface area contributed by atoms with Gasteiger partial charge in [-0.1, -0.05) is 19.9 Å². The summed E-state index contributed by atoms with van der Waals surface area (Å²) in [6.07, 6.45) is 1.96. The lowest BCUT2D eigenvalue weighted by atomic mass is 9.61. The van der Waals surface area contributed by atoms with Crippen LogP contribution in [0.4, 0.5) is 14.5 Å². The van der Waals surface area contributed by atoms with Crippen molar-refractivity contribution in [1.82, 2.24) is 0 Å². The van der Waals surface area contributed by atoms with Gasteiger partial charge in [0.25, 0.3) is 0 Å². The Labute approximate surface area is 113 Å². The zero-order chi connectivity index (χ0) is 14.0. The molecule has 106 valence electrons. The van der Waals surface area contributed by atoms with Crippen LogP contribution in [-0.2, 0) is 4.74 Å². The number of hydrogen-bond donors (Lipinski definition) is 1. The van der Waals surface area contributed by atoms with Gasteiger partial charge >= 0.3 is 0 Å². The van der Waals surface area contributed by atoms with Gasteiger partial charge in [0.15, 0.2) is 11.6 Å². The van der Waals surface area contributed by atoms with Crippen molar-refractivity contribution in [1.29, 1.82) is 0 Å². The molecule has 0 heterocycles. The molecule has 1 N–H and O–H groups in total. The Hall–Kier alpha value is -1.16. The van der Waals surface area contributed by atoms with Crippen molar-refractivity contribution in [3.63, 3.8) is 0 Å². The fraction of sp³-hybridized carbons (Fsp3) is 0.600. The first-order chi connectivity index (χ1) is 9.02. The topological polar surface area (TPSA) is 21.3 Å². The van der Waals surface area contributed by atoms with Crippen LogP contribution in [0.3, 0.4) is 0 Å². The van der Waals surface area contributed by atoms with Crippen LogP contribution in [0.25, 0.3) is 0 Å². The lowest BCUT2D eigenvalue weighted by molar-refractivity contribution is -0.109. The first-order valence-electron chi connectivity index (χ1n) is 6.85. The highest BCUT2D eigenvalue weighted by molar-refractivity contribution is 5.47. The van der Waals surface area contributed by atoms with E-state index in [-0.39, 0.29) is 23.2 Å². The summed E-state index contributed by atoms with van der Waals surface area (Å²) in [5.41, 5.74) is 0.203. The van der Waals surface area contributed by atoms with E-state index in [0.717, 1.165) is 18.9 Å². The van der Waals surface area contributed by atoms with E-state index in [1.807, 2.05) is 6.92 Å². The smallest absolute Gasteiger partial charge is 0.181 e. The highest BCUT2D eigenvalue weighted by atomic mass is 19.2. The zero-order valence-electron chi connectivity index (χ0n) is 11.7. The Morgan fingerprint density at radius 2 is 2.11 bits per heavy atom. The molecule has 0 saturated heterocycles. The van der Waals surface area contributed by atoms with Crippen LogP contribution in [0, 0.1) is 17.0 Å². The molecular weight excluding hydrogens is 248 g/mol. The Balaban J connectivity index is 2.10. The van der Waals surface area contributed by atoms with Crippen LogP contribution >= 0.6 is 0 Å². The molecule has 0 aromatic heterocycles. The third kappa shape index (κ3) is 2.46. The van der Waals surface area contributed by atoms with Gasteiger partial charge in [-0.2, -0.15) is 0 Å². The number of nitrogens with one attached hydrogen (secondary N) is 1. The van der Waals surface area contributed by atoms with Gasteiger partial charge in [-0.3, -0.25) is 0 Å². The maximum atomic E-state index is 13.7. The van der Waals surface area contributed by atoms with Crippen LogP contribution in [0.1, 0.15) is 33.6 Å². The lowest BCUT2D eigenvalue weighted by Gasteiger charge is -2.53. The monoisotopic (exact) mass is 269 g/mol. The minimum absolute atomic E-state index is 0.0330. The highest BCUT2D eigenvalue weighted by Gasteiger charge is 2.51. The largest absolute Gasteiger partial charge is 0.379 e. The van der Waals surface area contributed by atoms with Gasteiger partial charge in [0.1, 0.15) is 0 Å². The molecule has 3 atom stereocenters. The van der Waals surface area contributed by atoms with Crippen LogP contribution in [0.15, 0.2) is 18.2 Å². The number of halogens is 2. The first-order valence-corrected chi connectivity index (χ1v) is 6.85. The molecule has 0 amide bonds.